The maximum Gasteiger partial charge on any atom is 0.255 e. The smallest absolute Gasteiger partial charge is 0.255 e. The van der Waals surface area contributed by atoms with Crippen molar-refractivity contribution in [1.29, 1.82) is 0 Å². The van der Waals surface area contributed by atoms with Gasteiger partial charge in [0, 0.05) is 72.9 Å². The summed E-state index contributed by atoms with van der Waals surface area (Å²) < 4.78 is 6.20. The number of amides is 3. The van der Waals surface area contributed by atoms with Gasteiger partial charge in [0.1, 0.15) is 17.5 Å². The number of carbonyl (C=O) groups excluding carboxylic acids is 3. The molecule has 0 spiro atoms. The number of rotatable bonds is 7. The van der Waals surface area contributed by atoms with E-state index in [1.165, 1.54) is 22.4 Å². The van der Waals surface area contributed by atoms with Crippen LogP contribution < -0.4 is 15.0 Å². The van der Waals surface area contributed by atoms with Crippen molar-refractivity contribution in [3.8, 4) is 23.3 Å². The predicted octanol–water partition coefficient (Wildman–Crippen LogP) is 5.97. The summed E-state index contributed by atoms with van der Waals surface area (Å²) in [5.41, 5.74) is 8.43. The number of benzene rings is 4. The molecule has 276 valence electrons. The van der Waals surface area contributed by atoms with Crippen LogP contribution in [0.15, 0.2) is 84.9 Å². The van der Waals surface area contributed by atoms with Crippen molar-refractivity contribution >= 4 is 23.4 Å². The number of nitrogens with zero attached hydrogens (tertiary/aromatic N) is 3. The van der Waals surface area contributed by atoms with E-state index in [4.69, 9.17) is 4.74 Å². The van der Waals surface area contributed by atoms with Gasteiger partial charge in [0.2, 0.25) is 11.8 Å². The maximum atomic E-state index is 13.0. The standard InChI is InChI=1S/C45H46N4O5/c1-29-5-3-7-33(23-29)39-28-54-41-25-36(50)13-15-38(41)43(39)32-9-11-35(12-10-32)48-21-18-31(19-22-48)26-47(2)20-4-6-30-8-14-37-34(24-30)27-49(45(37)53)40-16-17-42(51)46-44(40)52/h3,5,7-15,23-25,31,39-40,43,50H,16-22,26-28H2,1-2H3,(H,46,51,52)/t39?,40?,43-/m1/s1. The first kappa shape index (κ1) is 35.4. The van der Waals surface area contributed by atoms with Crippen LogP contribution in [0.2, 0.25) is 0 Å². The second-order valence-electron chi connectivity index (χ2n) is 15.3. The molecule has 4 aromatic carbocycles. The van der Waals surface area contributed by atoms with Crippen LogP contribution in [0.3, 0.4) is 0 Å². The van der Waals surface area contributed by atoms with Crippen molar-refractivity contribution in [2.75, 3.05) is 44.7 Å². The predicted molar refractivity (Wildman–Crippen MR) is 208 cm³/mol. The topological polar surface area (TPSA) is 102 Å². The summed E-state index contributed by atoms with van der Waals surface area (Å²) in [7, 11) is 2.12. The summed E-state index contributed by atoms with van der Waals surface area (Å²) in [5, 5.41) is 12.5. The third kappa shape index (κ3) is 7.31. The second kappa shape index (κ2) is 15.0. The summed E-state index contributed by atoms with van der Waals surface area (Å²) in [4.78, 5) is 43.3. The van der Waals surface area contributed by atoms with Crippen molar-refractivity contribution in [2.45, 2.75) is 57.0 Å². The molecule has 9 nitrogen and oxygen atoms in total. The Hall–Kier alpha value is -5.59. The molecular weight excluding hydrogens is 677 g/mol. The molecule has 0 aromatic heterocycles. The SMILES string of the molecule is Cc1cccc(C2COc3cc(O)ccc3[C@H]2c2ccc(N3CCC(CN(C)CC#Cc4ccc5c(c4)CN(C4CCC(=O)NC4=O)C5=O)CC3)cc2)c1. The zero-order valence-corrected chi connectivity index (χ0v) is 30.9. The van der Waals surface area contributed by atoms with E-state index in [1.54, 1.807) is 23.1 Å². The number of anilines is 1. The average Bonchev–Trinajstić information content (AvgIpc) is 3.49. The number of nitrogens with one attached hydrogen (secondary N) is 1. The summed E-state index contributed by atoms with van der Waals surface area (Å²) in [6.45, 7) is 6.70. The molecule has 2 fully saturated rings. The zero-order valence-electron chi connectivity index (χ0n) is 30.9. The highest BCUT2D eigenvalue weighted by Crippen LogP contribution is 2.47. The highest BCUT2D eigenvalue weighted by molar-refractivity contribution is 6.05. The van der Waals surface area contributed by atoms with Crippen LogP contribution in [-0.4, -0.2) is 78.5 Å². The highest BCUT2D eigenvalue weighted by atomic mass is 16.5. The van der Waals surface area contributed by atoms with Gasteiger partial charge in [-0.3, -0.25) is 24.6 Å². The molecule has 4 aliphatic rings. The van der Waals surface area contributed by atoms with Crippen LogP contribution in [0.4, 0.5) is 5.69 Å². The molecule has 54 heavy (non-hydrogen) atoms. The zero-order chi connectivity index (χ0) is 37.3. The van der Waals surface area contributed by atoms with Crippen molar-refractivity contribution in [3.63, 3.8) is 0 Å². The van der Waals surface area contributed by atoms with E-state index in [2.05, 4.69) is 89.5 Å². The number of ether oxygens (including phenoxy) is 1. The number of hydrogen-bond acceptors (Lipinski definition) is 7. The van der Waals surface area contributed by atoms with Crippen molar-refractivity contribution in [1.82, 2.24) is 15.1 Å². The molecule has 0 aliphatic carbocycles. The number of carbonyl (C=O) groups is 3. The third-order valence-electron chi connectivity index (χ3n) is 11.5. The molecule has 4 aliphatic heterocycles. The molecule has 3 atom stereocenters. The Kier molecular flexibility index (Phi) is 9.87. The molecular formula is C45H46N4O5. The third-order valence-corrected chi connectivity index (χ3v) is 11.5. The lowest BCUT2D eigenvalue weighted by atomic mass is 9.75. The van der Waals surface area contributed by atoms with Gasteiger partial charge in [0.25, 0.3) is 5.91 Å². The lowest BCUT2D eigenvalue weighted by Crippen LogP contribution is -2.52. The van der Waals surface area contributed by atoms with Gasteiger partial charge in [0.15, 0.2) is 0 Å². The molecule has 4 heterocycles. The van der Waals surface area contributed by atoms with Crippen LogP contribution in [0, 0.1) is 24.7 Å². The van der Waals surface area contributed by atoms with Gasteiger partial charge in [0.05, 0.1) is 13.2 Å². The Bertz CT molecular complexity index is 2150. The Balaban J connectivity index is 0.852. The number of fused-ring (bicyclic) bond motifs is 2. The van der Waals surface area contributed by atoms with Crippen LogP contribution >= 0.6 is 0 Å². The Labute approximate surface area is 316 Å². The average molecular weight is 723 g/mol. The molecule has 2 saturated heterocycles. The molecule has 2 N–H and O–H groups in total. The van der Waals surface area contributed by atoms with Gasteiger partial charge < -0.3 is 19.6 Å². The fourth-order valence-electron chi connectivity index (χ4n) is 8.70. The number of phenolic OH excluding ortho intramolecular Hbond substituents is 1. The van der Waals surface area contributed by atoms with Crippen molar-refractivity contribution < 1.29 is 24.2 Å². The Morgan fingerprint density at radius 1 is 0.926 bits per heavy atom. The molecule has 0 saturated carbocycles. The Morgan fingerprint density at radius 3 is 2.52 bits per heavy atom. The summed E-state index contributed by atoms with van der Waals surface area (Å²) in [6.07, 6.45) is 2.83. The largest absolute Gasteiger partial charge is 0.508 e. The van der Waals surface area contributed by atoms with Gasteiger partial charge in [-0.05, 0) is 92.2 Å². The molecule has 8 rings (SSSR count). The first-order valence-electron chi connectivity index (χ1n) is 19.0. The minimum Gasteiger partial charge on any atom is -0.508 e. The molecule has 0 bridgehead atoms. The van der Waals surface area contributed by atoms with Gasteiger partial charge in [-0.1, -0.05) is 59.9 Å². The summed E-state index contributed by atoms with van der Waals surface area (Å²) in [6, 6.07) is 28.3. The normalized spacial score (nSPS) is 21.2. The number of phenols is 1. The van der Waals surface area contributed by atoms with E-state index in [0.717, 1.165) is 54.9 Å². The molecule has 2 unspecified atom stereocenters. The molecule has 4 aromatic rings. The second-order valence-corrected chi connectivity index (χ2v) is 15.3. The lowest BCUT2D eigenvalue weighted by molar-refractivity contribution is -0.136. The molecule has 9 heteroatoms. The van der Waals surface area contributed by atoms with Gasteiger partial charge >= 0.3 is 0 Å². The van der Waals surface area contributed by atoms with E-state index in [1.807, 2.05) is 18.2 Å². The fraction of sp³-hybridized carbons (Fsp3) is 0.356. The number of hydrogen-bond donors (Lipinski definition) is 2. The van der Waals surface area contributed by atoms with Gasteiger partial charge in [-0.25, -0.2) is 0 Å². The number of aromatic hydroxyl groups is 1. The monoisotopic (exact) mass is 722 g/mol. The van der Waals surface area contributed by atoms with E-state index in [9.17, 15) is 19.5 Å². The quantitative estimate of drug-likeness (QED) is 0.179. The first-order chi connectivity index (χ1) is 26.2. The van der Waals surface area contributed by atoms with Crippen molar-refractivity contribution in [3.05, 3.63) is 124 Å². The minimum absolute atomic E-state index is 0.122. The lowest BCUT2D eigenvalue weighted by Gasteiger charge is -2.36. The van der Waals surface area contributed by atoms with Gasteiger partial charge in [-0.15, -0.1) is 0 Å². The fourth-order valence-corrected chi connectivity index (χ4v) is 8.70. The van der Waals surface area contributed by atoms with E-state index < -0.39 is 11.9 Å². The van der Waals surface area contributed by atoms with Crippen LogP contribution in [0.25, 0.3) is 0 Å². The number of imide groups is 1. The van der Waals surface area contributed by atoms with E-state index in [-0.39, 0.29) is 35.8 Å². The minimum atomic E-state index is -0.616. The maximum absolute atomic E-state index is 13.0. The number of piperidine rings is 2. The Morgan fingerprint density at radius 2 is 1.74 bits per heavy atom. The molecule has 3 amide bonds. The first-order valence-corrected chi connectivity index (χ1v) is 19.0. The highest BCUT2D eigenvalue weighted by Gasteiger charge is 2.39. The van der Waals surface area contributed by atoms with Crippen LogP contribution in [-0.2, 0) is 16.1 Å². The number of aryl methyl sites for hydroxylation is 1. The van der Waals surface area contributed by atoms with Crippen molar-refractivity contribution in [2.24, 2.45) is 5.92 Å². The van der Waals surface area contributed by atoms with Crippen LogP contribution in [0.5, 0.6) is 11.5 Å². The summed E-state index contributed by atoms with van der Waals surface area (Å²) >= 11 is 0. The van der Waals surface area contributed by atoms with E-state index >= 15 is 0 Å². The molecule has 0 radical (unpaired) electrons. The van der Waals surface area contributed by atoms with E-state index in [0.29, 0.717) is 37.6 Å². The summed E-state index contributed by atoms with van der Waals surface area (Å²) in [5.74, 6) is 7.60. The van der Waals surface area contributed by atoms with Crippen LogP contribution in [0.1, 0.15) is 81.3 Å². The van der Waals surface area contributed by atoms with Gasteiger partial charge in [-0.2, -0.15) is 0 Å².